The molecule has 3 heterocycles. The Hall–Kier alpha value is -7.65. The van der Waals surface area contributed by atoms with E-state index < -0.39 is 11.6 Å². The van der Waals surface area contributed by atoms with Gasteiger partial charge in [-0.2, -0.15) is 5.10 Å². The number of aromatic amines is 1. The molecule has 1 amide bonds. The van der Waals surface area contributed by atoms with Crippen LogP contribution in [0.2, 0.25) is 0 Å². The Balaban J connectivity index is 1.33. The van der Waals surface area contributed by atoms with Crippen molar-refractivity contribution >= 4 is 34.3 Å². The standard InChI is InChI=1S/C47H34N6O3/c54-30-32-25-35(29-48-27-32)33-22-23-42-40(26-33)44(45-50-41-21-11-20-39(43(41)51-45)34-13-10-12-31(24-34)28-49-46(55)56)52-53(42)47(36-14-4-1-5-15-36,37-16-6-2-7-17-37)38-18-8-3-9-19-38/h1-27,29-30,49H,28H2,(H,50,51)(H,55,56). The Morgan fingerprint density at radius 3 is 2.05 bits per heavy atom. The molecule has 0 unspecified atom stereocenters. The number of carbonyl (C=O) groups excluding carboxylic acids is 1. The van der Waals surface area contributed by atoms with Crippen LogP contribution >= 0.6 is 0 Å². The number of H-pyrrole nitrogens is 1. The lowest BCUT2D eigenvalue weighted by Crippen LogP contribution is -2.38. The molecular weight excluding hydrogens is 697 g/mol. The van der Waals surface area contributed by atoms with E-state index in [0.717, 1.165) is 72.7 Å². The van der Waals surface area contributed by atoms with Crippen LogP contribution in [0.3, 0.4) is 0 Å². The van der Waals surface area contributed by atoms with Crippen LogP contribution in [0.15, 0.2) is 170 Å². The average Bonchev–Trinajstić information content (AvgIpc) is 3.87. The number of aromatic nitrogens is 5. The summed E-state index contributed by atoms with van der Waals surface area (Å²) >= 11 is 0. The summed E-state index contributed by atoms with van der Waals surface area (Å²) in [6.07, 6.45) is 3.04. The van der Waals surface area contributed by atoms with Crippen LogP contribution in [0, 0.1) is 0 Å². The Labute approximate surface area is 322 Å². The maximum absolute atomic E-state index is 11.8. The highest BCUT2D eigenvalue weighted by atomic mass is 16.4. The van der Waals surface area contributed by atoms with Crippen molar-refractivity contribution in [3.63, 3.8) is 0 Å². The van der Waals surface area contributed by atoms with Gasteiger partial charge in [-0.25, -0.2) is 14.5 Å². The zero-order chi connectivity index (χ0) is 38.1. The summed E-state index contributed by atoms with van der Waals surface area (Å²) < 4.78 is 2.12. The number of hydrogen-bond donors (Lipinski definition) is 3. The van der Waals surface area contributed by atoms with Gasteiger partial charge in [-0.3, -0.25) is 9.78 Å². The second-order valence-electron chi connectivity index (χ2n) is 13.6. The number of carboxylic acid groups (broad SMARTS) is 1. The average molecular weight is 731 g/mol. The normalized spacial score (nSPS) is 11.5. The fourth-order valence-corrected chi connectivity index (χ4v) is 7.72. The van der Waals surface area contributed by atoms with Crippen molar-refractivity contribution in [2.24, 2.45) is 0 Å². The summed E-state index contributed by atoms with van der Waals surface area (Å²) in [6.45, 7) is 0.188. The van der Waals surface area contributed by atoms with E-state index in [4.69, 9.17) is 10.1 Å². The number of amides is 1. The fourth-order valence-electron chi connectivity index (χ4n) is 7.72. The number of nitrogens with one attached hydrogen (secondary N) is 2. The van der Waals surface area contributed by atoms with Crippen LogP contribution in [0.1, 0.15) is 32.6 Å². The van der Waals surface area contributed by atoms with Crippen LogP contribution < -0.4 is 5.32 Å². The molecule has 3 N–H and O–H groups in total. The summed E-state index contributed by atoms with van der Waals surface area (Å²) in [5.41, 5.74) is 10.1. The maximum atomic E-state index is 11.8. The van der Waals surface area contributed by atoms with Crippen molar-refractivity contribution < 1.29 is 14.7 Å². The van der Waals surface area contributed by atoms with Crippen molar-refractivity contribution in [1.29, 1.82) is 0 Å². The minimum absolute atomic E-state index is 0.188. The van der Waals surface area contributed by atoms with E-state index in [0.29, 0.717) is 17.1 Å². The summed E-state index contributed by atoms with van der Waals surface area (Å²) in [5.74, 6) is 0.583. The summed E-state index contributed by atoms with van der Waals surface area (Å²) in [7, 11) is 0. The lowest BCUT2D eigenvalue weighted by molar-refractivity contribution is 0.112. The van der Waals surface area contributed by atoms with Gasteiger partial charge in [-0.05, 0) is 63.7 Å². The van der Waals surface area contributed by atoms with Crippen molar-refractivity contribution in [3.8, 4) is 33.8 Å². The lowest BCUT2D eigenvalue weighted by Gasteiger charge is -2.37. The predicted molar refractivity (Wildman–Crippen MR) is 218 cm³/mol. The SMILES string of the molecule is O=Cc1cncc(-c2ccc3c(c2)c(-c2nc4c(-c5cccc(CNC(=O)O)c5)cccc4[nH]2)nn3C(c2ccccc2)(c2ccccc2)c2ccccc2)c1. The number of para-hydroxylation sites is 1. The predicted octanol–water partition coefficient (Wildman–Crippen LogP) is 9.73. The Kier molecular flexibility index (Phi) is 8.72. The number of pyridine rings is 1. The van der Waals surface area contributed by atoms with Crippen LogP contribution in [0.4, 0.5) is 4.79 Å². The first-order valence-corrected chi connectivity index (χ1v) is 18.2. The number of carbonyl (C=O) groups is 2. The number of benzene rings is 6. The smallest absolute Gasteiger partial charge is 0.404 e. The molecule has 3 aromatic heterocycles. The van der Waals surface area contributed by atoms with Crippen molar-refractivity contribution in [2.45, 2.75) is 12.1 Å². The van der Waals surface area contributed by atoms with Gasteiger partial charge in [0, 0.05) is 41.0 Å². The minimum Gasteiger partial charge on any atom is -0.465 e. The number of fused-ring (bicyclic) bond motifs is 2. The summed E-state index contributed by atoms with van der Waals surface area (Å²) in [4.78, 5) is 36.2. The van der Waals surface area contributed by atoms with Crippen LogP contribution in [-0.2, 0) is 12.1 Å². The van der Waals surface area contributed by atoms with Crippen molar-refractivity contribution in [3.05, 3.63) is 198 Å². The van der Waals surface area contributed by atoms with Gasteiger partial charge in [0.25, 0.3) is 0 Å². The van der Waals surface area contributed by atoms with Gasteiger partial charge in [-0.15, -0.1) is 0 Å². The first-order chi connectivity index (χ1) is 27.5. The molecule has 9 rings (SSSR count). The quantitative estimate of drug-likeness (QED) is 0.0951. The molecule has 0 fully saturated rings. The van der Waals surface area contributed by atoms with Crippen molar-refractivity contribution in [1.82, 2.24) is 30.0 Å². The van der Waals surface area contributed by atoms with Crippen LogP contribution in [-0.4, -0.2) is 42.2 Å². The minimum atomic E-state index is -1.08. The molecule has 0 aliphatic rings. The molecule has 0 saturated heterocycles. The lowest BCUT2D eigenvalue weighted by atomic mass is 9.77. The molecule has 0 bridgehead atoms. The summed E-state index contributed by atoms with van der Waals surface area (Å²) in [5, 5.41) is 18.1. The molecule has 9 heteroatoms. The fraction of sp³-hybridized carbons (Fsp3) is 0.0426. The highest BCUT2D eigenvalue weighted by molar-refractivity contribution is 5.99. The van der Waals surface area contributed by atoms with Crippen LogP contribution in [0.5, 0.6) is 0 Å². The third-order valence-corrected chi connectivity index (χ3v) is 10.2. The van der Waals surface area contributed by atoms with Gasteiger partial charge < -0.3 is 15.4 Å². The van der Waals surface area contributed by atoms with E-state index in [1.807, 2.05) is 72.8 Å². The zero-order valence-electron chi connectivity index (χ0n) is 30.0. The Morgan fingerprint density at radius 2 is 1.39 bits per heavy atom. The van der Waals surface area contributed by atoms with E-state index in [-0.39, 0.29) is 6.54 Å². The molecule has 56 heavy (non-hydrogen) atoms. The molecule has 0 radical (unpaired) electrons. The van der Waals surface area contributed by atoms with Gasteiger partial charge in [0.1, 0.15) is 11.2 Å². The molecule has 9 aromatic rings. The largest absolute Gasteiger partial charge is 0.465 e. The van der Waals surface area contributed by atoms with E-state index in [9.17, 15) is 14.7 Å². The second kappa shape index (κ2) is 14.3. The number of imidazole rings is 1. The number of aldehydes is 1. The van der Waals surface area contributed by atoms with Gasteiger partial charge in [0.05, 0.1) is 16.6 Å². The second-order valence-corrected chi connectivity index (χ2v) is 13.6. The van der Waals surface area contributed by atoms with Gasteiger partial charge in [0.15, 0.2) is 12.1 Å². The molecule has 6 aromatic carbocycles. The number of nitrogens with zero attached hydrogens (tertiary/aromatic N) is 4. The van der Waals surface area contributed by atoms with Gasteiger partial charge >= 0.3 is 6.09 Å². The molecule has 0 aliphatic carbocycles. The first-order valence-electron chi connectivity index (χ1n) is 18.2. The molecule has 270 valence electrons. The summed E-state index contributed by atoms with van der Waals surface area (Å²) in [6, 6.07) is 53.1. The highest BCUT2D eigenvalue weighted by Gasteiger charge is 2.41. The molecule has 0 aliphatic heterocycles. The zero-order valence-corrected chi connectivity index (χ0v) is 30.0. The third kappa shape index (κ3) is 5.97. The number of hydrogen-bond acceptors (Lipinski definition) is 5. The highest BCUT2D eigenvalue weighted by Crippen LogP contribution is 2.44. The van der Waals surface area contributed by atoms with Crippen LogP contribution in [0.25, 0.3) is 55.7 Å². The molecule has 9 nitrogen and oxygen atoms in total. The molecule has 0 atom stereocenters. The third-order valence-electron chi connectivity index (χ3n) is 10.2. The van der Waals surface area contributed by atoms with Gasteiger partial charge in [0.2, 0.25) is 0 Å². The maximum Gasteiger partial charge on any atom is 0.404 e. The molecule has 0 saturated carbocycles. The van der Waals surface area contributed by atoms with E-state index >= 15 is 0 Å². The Morgan fingerprint density at radius 1 is 0.714 bits per heavy atom. The molecule has 0 spiro atoms. The van der Waals surface area contributed by atoms with E-state index in [2.05, 4.69) is 105 Å². The monoisotopic (exact) mass is 730 g/mol. The molecular formula is C47H34N6O3. The van der Waals surface area contributed by atoms with Gasteiger partial charge in [-0.1, -0.05) is 127 Å². The van der Waals surface area contributed by atoms with Crippen molar-refractivity contribution in [2.75, 3.05) is 0 Å². The van der Waals surface area contributed by atoms with E-state index in [1.54, 1.807) is 12.4 Å². The first kappa shape index (κ1) is 34.1. The van der Waals surface area contributed by atoms with E-state index in [1.165, 1.54) is 0 Å². The Bertz CT molecular complexity index is 2770. The topological polar surface area (TPSA) is 126 Å². The number of rotatable bonds is 10.